The number of hydrogen-bond acceptors (Lipinski definition) is 3. The standard InChI is InChI=1S/C20H20N2O/c23-20(15-21-13-16-7-3-1-4-8-16)19-12-11-18(14-22-19)17-9-5-2-6-10-17/h1-12,14,20-21,23H,13,15H2. The van der Waals surface area contributed by atoms with Gasteiger partial charge in [0.25, 0.3) is 0 Å². The molecule has 0 saturated carbocycles. The van der Waals surface area contributed by atoms with Gasteiger partial charge in [0.15, 0.2) is 0 Å². The molecule has 0 radical (unpaired) electrons. The van der Waals surface area contributed by atoms with Crippen LogP contribution in [0.2, 0.25) is 0 Å². The molecule has 3 aromatic rings. The molecule has 116 valence electrons. The monoisotopic (exact) mass is 304 g/mol. The van der Waals surface area contributed by atoms with Crippen LogP contribution in [0.15, 0.2) is 79.0 Å². The van der Waals surface area contributed by atoms with E-state index in [9.17, 15) is 5.11 Å². The Morgan fingerprint density at radius 3 is 2.17 bits per heavy atom. The lowest BCUT2D eigenvalue weighted by molar-refractivity contribution is 0.169. The van der Waals surface area contributed by atoms with Gasteiger partial charge in [0, 0.05) is 24.8 Å². The molecule has 2 aromatic carbocycles. The predicted octanol–water partition coefficient (Wildman–Crippen LogP) is 3.57. The van der Waals surface area contributed by atoms with E-state index < -0.39 is 6.10 Å². The van der Waals surface area contributed by atoms with Crippen molar-refractivity contribution >= 4 is 0 Å². The molecule has 23 heavy (non-hydrogen) atoms. The van der Waals surface area contributed by atoms with E-state index in [2.05, 4.69) is 34.6 Å². The van der Waals surface area contributed by atoms with Gasteiger partial charge >= 0.3 is 0 Å². The first-order valence-corrected chi connectivity index (χ1v) is 7.77. The smallest absolute Gasteiger partial charge is 0.108 e. The highest BCUT2D eigenvalue weighted by atomic mass is 16.3. The largest absolute Gasteiger partial charge is 0.385 e. The highest BCUT2D eigenvalue weighted by Gasteiger charge is 2.09. The first kappa shape index (κ1) is 15.4. The molecule has 0 aliphatic carbocycles. The third kappa shape index (κ3) is 4.25. The molecule has 0 aliphatic heterocycles. The Hall–Kier alpha value is -2.49. The summed E-state index contributed by atoms with van der Waals surface area (Å²) < 4.78 is 0. The summed E-state index contributed by atoms with van der Waals surface area (Å²) in [5.74, 6) is 0. The van der Waals surface area contributed by atoms with Crippen molar-refractivity contribution in [1.82, 2.24) is 10.3 Å². The van der Waals surface area contributed by atoms with Crippen molar-refractivity contribution in [2.24, 2.45) is 0 Å². The SMILES string of the molecule is OC(CNCc1ccccc1)c1ccc(-c2ccccc2)cn1. The van der Waals surface area contributed by atoms with Gasteiger partial charge in [0.2, 0.25) is 0 Å². The first-order chi connectivity index (χ1) is 11.3. The number of aliphatic hydroxyl groups is 1. The third-order valence-corrected chi connectivity index (χ3v) is 3.74. The van der Waals surface area contributed by atoms with Crippen molar-refractivity contribution in [2.45, 2.75) is 12.6 Å². The van der Waals surface area contributed by atoms with Gasteiger partial charge < -0.3 is 10.4 Å². The molecule has 0 bridgehead atoms. The summed E-state index contributed by atoms with van der Waals surface area (Å²) >= 11 is 0. The molecule has 0 aliphatic rings. The summed E-state index contributed by atoms with van der Waals surface area (Å²) in [4.78, 5) is 4.39. The second kappa shape index (κ2) is 7.68. The Morgan fingerprint density at radius 1 is 0.826 bits per heavy atom. The zero-order valence-corrected chi connectivity index (χ0v) is 12.9. The average Bonchev–Trinajstić information content (AvgIpc) is 2.63. The first-order valence-electron chi connectivity index (χ1n) is 7.77. The normalized spacial score (nSPS) is 12.0. The van der Waals surface area contributed by atoms with Crippen LogP contribution in [-0.4, -0.2) is 16.6 Å². The maximum absolute atomic E-state index is 10.2. The van der Waals surface area contributed by atoms with Crippen molar-refractivity contribution in [3.05, 3.63) is 90.3 Å². The van der Waals surface area contributed by atoms with Crippen molar-refractivity contribution < 1.29 is 5.11 Å². The fraction of sp³-hybridized carbons (Fsp3) is 0.150. The van der Waals surface area contributed by atoms with E-state index in [0.717, 1.165) is 17.7 Å². The molecule has 3 heteroatoms. The highest BCUT2D eigenvalue weighted by molar-refractivity contribution is 5.62. The van der Waals surface area contributed by atoms with Gasteiger partial charge in [-0.1, -0.05) is 66.7 Å². The van der Waals surface area contributed by atoms with Gasteiger partial charge in [-0.2, -0.15) is 0 Å². The van der Waals surface area contributed by atoms with Gasteiger partial charge in [-0.15, -0.1) is 0 Å². The third-order valence-electron chi connectivity index (χ3n) is 3.74. The van der Waals surface area contributed by atoms with Crippen molar-refractivity contribution in [3.63, 3.8) is 0 Å². The number of aliphatic hydroxyl groups excluding tert-OH is 1. The minimum absolute atomic E-state index is 0.479. The van der Waals surface area contributed by atoms with E-state index in [0.29, 0.717) is 12.2 Å². The van der Waals surface area contributed by atoms with E-state index in [1.807, 2.05) is 54.7 Å². The van der Waals surface area contributed by atoms with Crippen LogP contribution in [-0.2, 0) is 6.54 Å². The molecule has 2 N–H and O–H groups in total. The van der Waals surface area contributed by atoms with E-state index in [-0.39, 0.29) is 0 Å². The zero-order valence-electron chi connectivity index (χ0n) is 12.9. The predicted molar refractivity (Wildman–Crippen MR) is 92.8 cm³/mol. The Balaban J connectivity index is 1.56. The van der Waals surface area contributed by atoms with Crippen molar-refractivity contribution in [3.8, 4) is 11.1 Å². The maximum atomic E-state index is 10.2. The van der Waals surface area contributed by atoms with Crippen LogP contribution in [0, 0.1) is 0 Å². The van der Waals surface area contributed by atoms with Crippen LogP contribution < -0.4 is 5.32 Å². The summed E-state index contributed by atoms with van der Waals surface area (Å²) in [5, 5.41) is 13.5. The number of pyridine rings is 1. The van der Waals surface area contributed by atoms with Crippen LogP contribution in [0.5, 0.6) is 0 Å². The van der Waals surface area contributed by atoms with Crippen LogP contribution in [0.1, 0.15) is 17.4 Å². The van der Waals surface area contributed by atoms with Gasteiger partial charge in [0.1, 0.15) is 6.10 Å². The number of benzene rings is 2. The molecule has 1 aromatic heterocycles. The molecule has 0 amide bonds. The Labute approximate surface area is 136 Å². The lowest BCUT2D eigenvalue weighted by Gasteiger charge is -2.12. The van der Waals surface area contributed by atoms with Crippen LogP contribution >= 0.6 is 0 Å². The molecule has 3 nitrogen and oxygen atoms in total. The molecule has 3 rings (SSSR count). The van der Waals surface area contributed by atoms with E-state index in [1.165, 1.54) is 5.56 Å². The number of nitrogens with one attached hydrogen (secondary N) is 1. The number of aromatic nitrogens is 1. The molecule has 1 heterocycles. The van der Waals surface area contributed by atoms with Crippen molar-refractivity contribution in [1.29, 1.82) is 0 Å². The summed E-state index contributed by atoms with van der Waals surface area (Å²) in [6, 6.07) is 24.1. The molecule has 1 unspecified atom stereocenters. The second-order valence-corrected chi connectivity index (χ2v) is 5.47. The minimum Gasteiger partial charge on any atom is -0.385 e. The van der Waals surface area contributed by atoms with Crippen LogP contribution in [0.4, 0.5) is 0 Å². The molecule has 1 atom stereocenters. The van der Waals surface area contributed by atoms with Gasteiger partial charge in [-0.05, 0) is 17.2 Å². The quantitative estimate of drug-likeness (QED) is 0.732. The lowest BCUT2D eigenvalue weighted by atomic mass is 10.1. The molecule has 0 fully saturated rings. The van der Waals surface area contributed by atoms with Gasteiger partial charge in [0.05, 0.1) is 5.69 Å². The second-order valence-electron chi connectivity index (χ2n) is 5.47. The van der Waals surface area contributed by atoms with E-state index >= 15 is 0 Å². The van der Waals surface area contributed by atoms with E-state index in [4.69, 9.17) is 0 Å². The Bertz CT molecular complexity index is 712. The van der Waals surface area contributed by atoms with Gasteiger partial charge in [-0.25, -0.2) is 0 Å². The van der Waals surface area contributed by atoms with E-state index in [1.54, 1.807) is 0 Å². The fourth-order valence-electron chi connectivity index (χ4n) is 2.46. The van der Waals surface area contributed by atoms with Crippen LogP contribution in [0.3, 0.4) is 0 Å². The lowest BCUT2D eigenvalue weighted by Crippen LogP contribution is -2.21. The number of nitrogens with zero attached hydrogens (tertiary/aromatic N) is 1. The summed E-state index contributed by atoms with van der Waals surface area (Å²) in [6.07, 6.45) is 1.20. The van der Waals surface area contributed by atoms with Gasteiger partial charge in [-0.3, -0.25) is 4.98 Å². The maximum Gasteiger partial charge on any atom is 0.108 e. The van der Waals surface area contributed by atoms with Crippen LogP contribution in [0.25, 0.3) is 11.1 Å². The Morgan fingerprint density at radius 2 is 1.52 bits per heavy atom. The number of rotatable bonds is 6. The zero-order chi connectivity index (χ0) is 15.9. The molecular formula is C20H20N2O. The number of hydrogen-bond donors (Lipinski definition) is 2. The summed E-state index contributed by atoms with van der Waals surface area (Å²) in [5.41, 5.74) is 4.07. The minimum atomic E-state index is -0.608. The fourth-order valence-corrected chi connectivity index (χ4v) is 2.46. The highest BCUT2D eigenvalue weighted by Crippen LogP contribution is 2.19. The molecule has 0 saturated heterocycles. The Kier molecular flexibility index (Phi) is 5.14. The topological polar surface area (TPSA) is 45.1 Å². The molecule has 0 spiro atoms. The summed E-state index contributed by atoms with van der Waals surface area (Å²) in [6.45, 7) is 1.21. The van der Waals surface area contributed by atoms with Crippen molar-refractivity contribution in [2.75, 3.05) is 6.54 Å². The molecular weight excluding hydrogens is 284 g/mol. The summed E-state index contributed by atoms with van der Waals surface area (Å²) in [7, 11) is 0. The average molecular weight is 304 g/mol.